The number of carbonyl (C=O) groups is 2. The molecule has 2 aromatic rings. The Morgan fingerprint density at radius 1 is 0.750 bits per heavy atom. The molecule has 0 radical (unpaired) electrons. The Morgan fingerprint density at radius 3 is 2.09 bits per heavy atom. The molecule has 2 saturated heterocycles. The minimum atomic E-state index is 0.208. The first-order valence-electron chi connectivity index (χ1n) is 12.1. The van der Waals surface area contributed by atoms with Gasteiger partial charge >= 0.3 is 0 Å². The van der Waals surface area contributed by atoms with E-state index in [0.29, 0.717) is 13.1 Å². The SMILES string of the molecule is O=C(CN1CCCCC1)c1ccc2c(c1)Cc1c(cccc1C(=O)CN1CCCCC1)S2. The average Bonchev–Trinajstić information content (AvgIpc) is 2.83. The Kier molecular flexibility index (Phi) is 6.77. The molecule has 168 valence electrons. The second-order valence-corrected chi connectivity index (χ2v) is 10.5. The highest BCUT2D eigenvalue weighted by molar-refractivity contribution is 7.99. The van der Waals surface area contributed by atoms with Crippen molar-refractivity contribution < 1.29 is 9.59 Å². The third-order valence-corrected chi connectivity index (χ3v) is 8.26. The molecule has 0 bridgehead atoms. The van der Waals surface area contributed by atoms with Crippen LogP contribution in [0.5, 0.6) is 0 Å². The first kappa shape index (κ1) is 21.9. The number of hydrogen-bond acceptors (Lipinski definition) is 5. The number of Topliss-reactive ketones (excluding diaryl/α,β-unsaturated/α-hetero) is 2. The van der Waals surface area contributed by atoms with Gasteiger partial charge in [0.1, 0.15) is 0 Å². The lowest BCUT2D eigenvalue weighted by Gasteiger charge is -2.27. The summed E-state index contributed by atoms with van der Waals surface area (Å²) in [6.45, 7) is 5.15. The summed E-state index contributed by atoms with van der Waals surface area (Å²) >= 11 is 1.73. The molecular formula is C27H32N2O2S. The molecule has 4 nitrogen and oxygen atoms in total. The zero-order valence-electron chi connectivity index (χ0n) is 18.8. The molecule has 3 aliphatic rings. The molecule has 5 heteroatoms. The van der Waals surface area contributed by atoms with Gasteiger partial charge in [-0.25, -0.2) is 0 Å². The van der Waals surface area contributed by atoms with E-state index in [0.717, 1.165) is 49.3 Å². The van der Waals surface area contributed by atoms with Crippen molar-refractivity contribution in [3.05, 3.63) is 58.7 Å². The molecule has 0 saturated carbocycles. The molecule has 3 heterocycles. The van der Waals surface area contributed by atoms with Gasteiger partial charge in [0.05, 0.1) is 13.1 Å². The number of rotatable bonds is 6. The first-order valence-corrected chi connectivity index (χ1v) is 12.9. The number of carbonyl (C=O) groups excluding carboxylic acids is 2. The summed E-state index contributed by atoms with van der Waals surface area (Å²) in [7, 11) is 0. The first-order chi connectivity index (χ1) is 15.7. The minimum absolute atomic E-state index is 0.208. The highest BCUT2D eigenvalue weighted by Crippen LogP contribution is 2.41. The fourth-order valence-electron chi connectivity index (χ4n) is 5.22. The Balaban J connectivity index is 1.33. The molecule has 2 fully saturated rings. The Labute approximate surface area is 195 Å². The second kappa shape index (κ2) is 9.90. The quantitative estimate of drug-likeness (QED) is 0.492. The second-order valence-electron chi connectivity index (χ2n) is 9.40. The summed E-state index contributed by atoms with van der Waals surface area (Å²) in [6, 6.07) is 12.3. The summed E-state index contributed by atoms with van der Waals surface area (Å²) in [5.74, 6) is 0.435. The van der Waals surface area contributed by atoms with Gasteiger partial charge in [-0.05, 0) is 81.2 Å². The predicted octanol–water partition coefficient (Wildman–Crippen LogP) is 5.08. The van der Waals surface area contributed by atoms with Crippen LogP contribution in [0, 0.1) is 0 Å². The zero-order chi connectivity index (χ0) is 21.9. The van der Waals surface area contributed by atoms with Crippen LogP contribution in [0.25, 0.3) is 0 Å². The smallest absolute Gasteiger partial charge is 0.177 e. The molecule has 0 spiro atoms. The molecule has 0 amide bonds. The average molecular weight is 449 g/mol. The van der Waals surface area contributed by atoms with Crippen molar-refractivity contribution in [1.29, 1.82) is 0 Å². The molecule has 5 rings (SSSR count). The van der Waals surface area contributed by atoms with Crippen LogP contribution in [0.2, 0.25) is 0 Å². The van der Waals surface area contributed by atoms with E-state index in [1.54, 1.807) is 11.8 Å². The van der Waals surface area contributed by atoms with E-state index in [1.165, 1.54) is 53.9 Å². The number of ketones is 2. The van der Waals surface area contributed by atoms with Crippen molar-refractivity contribution in [2.24, 2.45) is 0 Å². The summed E-state index contributed by atoms with van der Waals surface area (Å²) in [5, 5.41) is 0. The summed E-state index contributed by atoms with van der Waals surface area (Å²) in [6.07, 6.45) is 8.05. The lowest BCUT2D eigenvalue weighted by atomic mass is 9.94. The van der Waals surface area contributed by atoms with Crippen molar-refractivity contribution in [3.8, 4) is 0 Å². The maximum Gasteiger partial charge on any atom is 0.177 e. The van der Waals surface area contributed by atoms with Crippen LogP contribution in [-0.2, 0) is 6.42 Å². The Hall–Kier alpha value is -1.95. The van der Waals surface area contributed by atoms with Crippen molar-refractivity contribution >= 4 is 23.3 Å². The maximum atomic E-state index is 13.2. The van der Waals surface area contributed by atoms with E-state index in [-0.39, 0.29) is 11.6 Å². The van der Waals surface area contributed by atoms with Gasteiger partial charge in [0, 0.05) is 27.3 Å². The van der Waals surface area contributed by atoms with E-state index < -0.39 is 0 Å². The number of piperidine rings is 2. The molecule has 0 aromatic heterocycles. The summed E-state index contributed by atoms with van der Waals surface area (Å²) in [5.41, 5.74) is 3.96. The van der Waals surface area contributed by atoms with Crippen molar-refractivity contribution in [2.45, 2.75) is 54.7 Å². The normalized spacial score (nSPS) is 19.2. The van der Waals surface area contributed by atoms with Crippen LogP contribution in [0.3, 0.4) is 0 Å². The number of benzene rings is 2. The van der Waals surface area contributed by atoms with Gasteiger partial charge in [0.15, 0.2) is 11.6 Å². The molecule has 3 aliphatic heterocycles. The minimum Gasteiger partial charge on any atom is -0.296 e. The summed E-state index contributed by atoms with van der Waals surface area (Å²) in [4.78, 5) is 33.1. The van der Waals surface area contributed by atoms with Gasteiger partial charge in [0.2, 0.25) is 0 Å². The van der Waals surface area contributed by atoms with E-state index in [1.807, 2.05) is 18.2 Å². The van der Waals surface area contributed by atoms with Gasteiger partial charge in [-0.3, -0.25) is 19.4 Å². The maximum absolute atomic E-state index is 13.2. The molecule has 0 N–H and O–H groups in total. The third-order valence-electron chi connectivity index (χ3n) is 7.03. The monoisotopic (exact) mass is 448 g/mol. The third kappa shape index (κ3) is 4.85. The Morgan fingerprint density at radius 2 is 1.41 bits per heavy atom. The summed E-state index contributed by atoms with van der Waals surface area (Å²) < 4.78 is 0. The zero-order valence-corrected chi connectivity index (χ0v) is 19.6. The lowest BCUT2D eigenvalue weighted by molar-refractivity contribution is 0.0907. The van der Waals surface area contributed by atoms with E-state index in [4.69, 9.17) is 0 Å². The van der Waals surface area contributed by atoms with E-state index in [9.17, 15) is 9.59 Å². The number of nitrogens with zero attached hydrogens (tertiary/aromatic N) is 2. The van der Waals surface area contributed by atoms with Crippen molar-refractivity contribution in [2.75, 3.05) is 39.3 Å². The van der Waals surface area contributed by atoms with E-state index >= 15 is 0 Å². The van der Waals surface area contributed by atoms with Crippen molar-refractivity contribution in [1.82, 2.24) is 9.80 Å². The predicted molar refractivity (Wildman–Crippen MR) is 129 cm³/mol. The van der Waals surface area contributed by atoms with Crippen LogP contribution < -0.4 is 0 Å². The highest BCUT2D eigenvalue weighted by atomic mass is 32.2. The fourth-order valence-corrected chi connectivity index (χ4v) is 6.31. The van der Waals surface area contributed by atoms with Gasteiger partial charge in [-0.1, -0.05) is 42.8 Å². The number of likely N-dealkylation sites (tertiary alicyclic amines) is 2. The standard InChI is InChI=1S/C27H32N2O2S/c30-24(18-28-12-3-1-4-13-28)20-10-11-26-21(16-20)17-23-22(8-7-9-27(23)32-26)25(31)19-29-14-5-2-6-15-29/h7-11,16H,1-6,12-15,17-19H2. The largest absolute Gasteiger partial charge is 0.296 e. The lowest BCUT2D eigenvalue weighted by Crippen LogP contribution is -2.34. The van der Waals surface area contributed by atoms with Crippen LogP contribution in [0.15, 0.2) is 46.2 Å². The highest BCUT2D eigenvalue weighted by Gasteiger charge is 2.24. The van der Waals surface area contributed by atoms with Crippen LogP contribution in [0.1, 0.15) is 70.4 Å². The molecule has 0 unspecified atom stereocenters. The topological polar surface area (TPSA) is 40.6 Å². The fraction of sp³-hybridized carbons (Fsp3) is 0.481. The van der Waals surface area contributed by atoms with Crippen LogP contribution in [0.4, 0.5) is 0 Å². The number of fused-ring (bicyclic) bond motifs is 2. The van der Waals surface area contributed by atoms with Gasteiger partial charge in [-0.15, -0.1) is 0 Å². The van der Waals surface area contributed by atoms with Crippen molar-refractivity contribution in [3.63, 3.8) is 0 Å². The molecule has 2 aromatic carbocycles. The molecular weight excluding hydrogens is 416 g/mol. The molecule has 0 atom stereocenters. The molecule has 32 heavy (non-hydrogen) atoms. The Bertz CT molecular complexity index is 1010. The number of hydrogen-bond donors (Lipinski definition) is 0. The van der Waals surface area contributed by atoms with Crippen LogP contribution >= 0.6 is 11.8 Å². The van der Waals surface area contributed by atoms with E-state index in [2.05, 4.69) is 28.0 Å². The van der Waals surface area contributed by atoms with Gasteiger partial charge in [-0.2, -0.15) is 0 Å². The molecule has 0 aliphatic carbocycles. The van der Waals surface area contributed by atoms with Gasteiger partial charge in [0.25, 0.3) is 0 Å². The van der Waals surface area contributed by atoms with Crippen LogP contribution in [-0.4, -0.2) is 60.6 Å². The van der Waals surface area contributed by atoms with Gasteiger partial charge < -0.3 is 0 Å².